The van der Waals surface area contributed by atoms with Gasteiger partial charge in [0.2, 0.25) is 6.79 Å². The number of nitrogens with two attached hydrogens (primary N) is 1. The molecular formula is C12H17NO3. The molecule has 0 bridgehead atoms. The van der Waals surface area contributed by atoms with E-state index < -0.39 is 0 Å². The Kier molecular flexibility index (Phi) is 2.68. The molecule has 1 aromatic rings. The molecule has 2 N–H and O–H groups in total. The van der Waals surface area contributed by atoms with E-state index in [1.165, 1.54) is 0 Å². The summed E-state index contributed by atoms with van der Waals surface area (Å²) in [6.07, 6.45) is 0.729. The Hall–Kier alpha value is -1.42. The molecule has 0 aliphatic carbocycles. The molecule has 0 saturated heterocycles. The number of hydrogen-bond donors (Lipinski definition) is 1. The zero-order chi connectivity index (χ0) is 11.8. The van der Waals surface area contributed by atoms with E-state index in [0.717, 1.165) is 29.2 Å². The van der Waals surface area contributed by atoms with E-state index in [1.807, 2.05) is 26.0 Å². The van der Waals surface area contributed by atoms with Crippen molar-refractivity contribution >= 4 is 0 Å². The summed E-state index contributed by atoms with van der Waals surface area (Å²) in [5, 5.41) is 0. The quantitative estimate of drug-likeness (QED) is 0.847. The smallest absolute Gasteiger partial charge is 0.231 e. The van der Waals surface area contributed by atoms with Gasteiger partial charge in [0.1, 0.15) is 5.75 Å². The Morgan fingerprint density at radius 1 is 1.31 bits per heavy atom. The second kappa shape index (κ2) is 3.87. The molecule has 0 spiro atoms. The van der Waals surface area contributed by atoms with Crippen LogP contribution < -0.4 is 19.9 Å². The van der Waals surface area contributed by atoms with Crippen LogP contribution in [0.25, 0.3) is 0 Å². The summed E-state index contributed by atoms with van der Waals surface area (Å²) < 4.78 is 16.0. The standard InChI is InChI=1S/C12H17NO3/c1-12(2,13)6-8-4-10-11(16-7-15-10)5-9(8)14-3/h4-5H,6-7,13H2,1-3H3. The van der Waals surface area contributed by atoms with Gasteiger partial charge in [0.05, 0.1) is 7.11 Å². The van der Waals surface area contributed by atoms with E-state index in [-0.39, 0.29) is 12.3 Å². The maximum Gasteiger partial charge on any atom is 0.231 e. The molecule has 1 aliphatic rings. The highest BCUT2D eigenvalue weighted by Gasteiger charge is 2.21. The van der Waals surface area contributed by atoms with E-state index in [2.05, 4.69) is 0 Å². The number of fused-ring (bicyclic) bond motifs is 1. The Balaban J connectivity index is 2.36. The van der Waals surface area contributed by atoms with Gasteiger partial charge in [-0.05, 0) is 31.9 Å². The van der Waals surface area contributed by atoms with E-state index in [4.69, 9.17) is 19.9 Å². The van der Waals surface area contributed by atoms with Gasteiger partial charge in [-0.2, -0.15) is 0 Å². The Morgan fingerprint density at radius 3 is 2.50 bits per heavy atom. The van der Waals surface area contributed by atoms with Gasteiger partial charge < -0.3 is 19.9 Å². The molecule has 0 atom stereocenters. The SMILES string of the molecule is COc1cc2c(cc1CC(C)(C)N)OCO2. The summed E-state index contributed by atoms with van der Waals surface area (Å²) in [6, 6.07) is 3.79. The van der Waals surface area contributed by atoms with Crippen molar-refractivity contribution in [3.05, 3.63) is 17.7 Å². The molecule has 0 unspecified atom stereocenters. The fourth-order valence-electron chi connectivity index (χ4n) is 1.78. The summed E-state index contributed by atoms with van der Waals surface area (Å²) in [7, 11) is 1.64. The van der Waals surface area contributed by atoms with Crippen molar-refractivity contribution in [2.24, 2.45) is 5.73 Å². The first-order valence-corrected chi connectivity index (χ1v) is 5.25. The third kappa shape index (κ3) is 2.22. The van der Waals surface area contributed by atoms with Crippen LogP contribution in [0, 0.1) is 0 Å². The Bertz CT molecular complexity index is 396. The van der Waals surface area contributed by atoms with E-state index in [9.17, 15) is 0 Å². The minimum Gasteiger partial charge on any atom is -0.496 e. The Morgan fingerprint density at radius 2 is 1.94 bits per heavy atom. The van der Waals surface area contributed by atoms with Crippen LogP contribution in [-0.4, -0.2) is 19.4 Å². The third-order valence-electron chi connectivity index (χ3n) is 2.42. The third-order valence-corrected chi connectivity index (χ3v) is 2.42. The largest absolute Gasteiger partial charge is 0.496 e. The average molecular weight is 223 g/mol. The molecule has 0 fully saturated rings. The van der Waals surface area contributed by atoms with Crippen LogP contribution in [0.3, 0.4) is 0 Å². The van der Waals surface area contributed by atoms with Crippen molar-refractivity contribution in [2.45, 2.75) is 25.8 Å². The maximum absolute atomic E-state index is 6.01. The van der Waals surface area contributed by atoms with Crippen LogP contribution in [0.15, 0.2) is 12.1 Å². The van der Waals surface area contributed by atoms with Gasteiger partial charge in [-0.1, -0.05) is 0 Å². The lowest BCUT2D eigenvalue weighted by Gasteiger charge is -2.20. The minimum atomic E-state index is -0.277. The van der Waals surface area contributed by atoms with Gasteiger partial charge >= 0.3 is 0 Å². The van der Waals surface area contributed by atoms with Crippen LogP contribution in [-0.2, 0) is 6.42 Å². The molecule has 0 radical (unpaired) electrons. The first-order valence-electron chi connectivity index (χ1n) is 5.25. The van der Waals surface area contributed by atoms with Crippen molar-refractivity contribution in [1.29, 1.82) is 0 Å². The summed E-state index contributed by atoms with van der Waals surface area (Å²) >= 11 is 0. The number of ether oxygens (including phenoxy) is 3. The molecule has 4 heteroatoms. The van der Waals surface area contributed by atoms with Gasteiger partial charge in [0, 0.05) is 11.6 Å². The second-order valence-electron chi connectivity index (χ2n) is 4.68. The molecule has 16 heavy (non-hydrogen) atoms. The van der Waals surface area contributed by atoms with Gasteiger partial charge in [-0.15, -0.1) is 0 Å². The van der Waals surface area contributed by atoms with Crippen molar-refractivity contribution in [1.82, 2.24) is 0 Å². The fourth-order valence-corrected chi connectivity index (χ4v) is 1.78. The highest BCUT2D eigenvalue weighted by molar-refractivity contribution is 5.52. The fraction of sp³-hybridized carbons (Fsp3) is 0.500. The zero-order valence-corrected chi connectivity index (χ0v) is 9.87. The van der Waals surface area contributed by atoms with Gasteiger partial charge in [0.25, 0.3) is 0 Å². The molecule has 2 rings (SSSR count). The van der Waals surface area contributed by atoms with Crippen molar-refractivity contribution in [2.75, 3.05) is 13.9 Å². The molecule has 1 heterocycles. The van der Waals surface area contributed by atoms with Crippen LogP contribution >= 0.6 is 0 Å². The van der Waals surface area contributed by atoms with Crippen LogP contribution in [0.2, 0.25) is 0 Å². The van der Waals surface area contributed by atoms with E-state index in [1.54, 1.807) is 7.11 Å². The van der Waals surface area contributed by atoms with E-state index in [0.29, 0.717) is 0 Å². The lowest BCUT2D eigenvalue weighted by molar-refractivity contribution is 0.174. The number of hydrogen-bond acceptors (Lipinski definition) is 4. The van der Waals surface area contributed by atoms with Crippen LogP contribution in [0.5, 0.6) is 17.2 Å². The molecule has 0 amide bonds. The Labute approximate surface area is 95.3 Å². The molecule has 0 aromatic heterocycles. The van der Waals surface area contributed by atoms with Crippen molar-refractivity contribution in [3.63, 3.8) is 0 Å². The van der Waals surface area contributed by atoms with Gasteiger partial charge in [-0.25, -0.2) is 0 Å². The molecule has 1 aromatic carbocycles. The topological polar surface area (TPSA) is 53.7 Å². The highest BCUT2D eigenvalue weighted by Crippen LogP contribution is 2.38. The van der Waals surface area contributed by atoms with Gasteiger partial charge in [-0.3, -0.25) is 0 Å². The second-order valence-corrected chi connectivity index (χ2v) is 4.68. The van der Waals surface area contributed by atoms with Crippen LogP contribution in [0.1, 0.15) is 19.4 Å². The minimum absolute atomic E-state index is 0.272. The van der Waals surface area contributed by atoms with Crippen molar-refractivity contribution < 1.29 is 14.2 Å². The molecular weight excluding hydrogens is 206 g/mol. The molecule has 4 nitrogen and oxygen atoms in total. The number of rotatable bonds is 3. The first kappa shape index (κ1) is 11.1. The predicted molar refractivity (Wildman–Crippen MR) is 61.1 cm³/mol. The molecule has 0 saturated carbocycles. The monoisotopic (exact) mass is 223 g/mol. The van der Waals surface area contributed by atoms with Gasteiger partial charge in [0.15, 0.2) is 11.5 Å². The average Bonchev–Trinajstić information content (AvgIpc) is 2.60. The van der Waals surface area contributed by atoms with E-state index >= 15 is 0 Å². The highest BCUT2D eigenvalue weighted by atomic mass is 16.7. The van der Waals surface area contributed by atoms with Crippen molar-refractivity contribution in [3.8, 4) is 17.2 Å². The molecule has 88 valence electrons. The number of benzene rings is 1. The summed E-state index contributed by atoms with van der Waals surface area (Å²) in [5.74, 6) is 2.29. The normalized spacial score (nSPS) is 14.0. The lowest BCUT2D eigenvalue weighted by atomic mass is 9.95. The zero-order valence-electron chi connectivity index (χ0n) is 9.87. The first-order chi connectivity index (χ1) is 7.49. The summed E-state index contributed by atoms with van der Waals surface area (Å²) in [5.41, 5.74) is 6.77. The van der Waals surface area contributed by atoms with Crippen LogP contribution in [0.4, 0.5) is 0 Å². The lowest BCUT2D eigenvalue weighted by Crippen LogP contribution is -2.34. The molecule has 1 aliphatic heterocycles. The number of methoxy groups -OCH3 is 1. The predicted octanol–water partition coefficient (Wildman–Crippen LogP) is 1.70. The maximum atomic E-state index is 6.01. The summed E-state index contributed by atoms with van der Waals surface area (Å²) in [4.78, 5) is 0. The summed E-state index contributed by atoms with van der Waals surface area (Å²) in [6.45, 7) is 4.24.